The van der Waals surface area contributed by atoms with Crippen molar-refractivity contribution in [1.29, 1.82) is 0 Å². The molecule has 0 aliphatic heterocycles. The quantitative estimate of drug-likeness (QED) is 0.277. The van der Waals surface area contributed by atoms with E-state index in [4.69, 9.17) is 5.84 Å². The topological polar surface area (TPSA) is 122 Å². The number of carbonyl (C=O) groups is 2. The van der Waals surface area contributed by atoms with Crippen LogP contribution in [-0.2, 0) is 9.53 Å². The number of hydrazine groups is 1. The van der Waals surface area contributed by atoms with Gasteiger partial charge < -0.3 is 15.5 Å². The first-order valence-corrected chi connectivity index (χ1v) is 4.04. The van der Waals surface area contributed by atoms with Gasteiger partial charge in [-0.2, -0.15) is 5.10 Å². The number of hydrogen-bond acceptors (Lipinski definition) is 6. The second kappa shape index (κ2) is 4.96. The number of amides is 1. The summed E-state index contributed by atoms with van der Waals surface area (Å²) in [4.78, 5) is 22.0. The fourth-order valence-electron chi connectivity index (χ4n) is 0.832. The lowest BCUT2D eigenvalue weighted by atomic mass is 10.4. The summed E-state index contributed by atoms with van der Waals surface area (Å²) in [6.07, 6.45) is 0. The number of nitrogen functional groups attached to an aromatic ring is 1. The van der Waals surface area contributed by atoms with Crippen molar-refractivity contribution in [2.45, 2.75) is 0 Å². The van der Waals surface area contributed by atoms with Crippen molar-refractivity contribution in [3.05, 3.63) is 11.8 Å². The molecule has 0 saturated carbocycles. The zero-order valence-corrected chi connectivity index (χ0v) is 8.03. The minimum Gasteiger partial charge on any atom is -0.468 e. The molecule has 0 bridgehead atoms. The van der Waals surface area contributed by atoms with Gasteiger partial charge in [-0.05, 0) is 0 Å². The lowest BCUT2D eigenvalue weighted by Gasteiger charge is -2.00. The molecule has 0 spiro atoms. The second-order valence-electron chi connectivity index (χ2n) is 2.57. The summed E-state index contributed by atoms with van der Waals surface area (Å²) in [5, 5.41) is 8.44. The average Bonchev–Trinajstić information content (AvgIpc) is 2.73. The Morgan fingerprint density at radius 2 is 2.40 bits per heavy atom. The van der Waals surface area contributed by atoms with Gasteiger partial charge in [0.2, 0.25) is 0 Å². The smallest absolute Gasteiger partial charge is 0.325 e. The van der Waals surface area contributed by atoms with Crippen molar-refractivity contribution >= 4 is 17.7 Å². The highest BCUT2D eigenvalue weighted by molar-refractivity contribution is 5.94. The maximum Gasteiger partial charge on any atom is 0.325 e. The van der Waals surface area contributed by atoms with Crippen LogP contribution in [0.1, 0.15) is 10.5 Å². The zero-order chi connectivity index (χ0) is 11.3. The molecule has 0 radical (unpaired) electrons. The van der Waals surface area contributed by atoms with Gasteiger partial charge >= 0.3 is 5.97 Å². The number of H-pyrrole nitrogens is 1. The summed E-state index contributed by atoms with van der Waals surface area (Å²) < 4.78 is 4.35. The Balaban J connectivity index is 2.50. The van der Waals surface area contributed by atoms with E-state index in [2.05, 4.69) is 25.7 Å². The monoisotopic (exact) mass is 213 g/mol. The Hall–Kier alpha value is -2.09. The molecule has 0 unspecified atom stereocenters. The Kier molecular flexibility index (Phi) is 3.63. The van der Waals surface area contributed by atoms with Crippen LogP contribution in [0.2, 0.25) is 0 Å². The molecule has 0 fully saturated rings. The molecule has 0 aliphatic rings. The Bertz CT molecular complexity index is 361. The number of anilines is 1. The summed E-state index contributed by atoms with van der Waals surface area (Å²) in [6, 6.07) is 1.41. The number of aromatic amines is 1. The maximum atomic E-state index is 11.3. The molecule has 0 atom stereocenters. The van der Waals surface area contributed by atoms with Crippen LogP contribution in [0.25, 0.3) is 0 Å². The third-order valence-electron chi connectivity index (χ3n) is 1.59. The van der Waals surface area contributed by atoms with Crippen LogP contribution >= 0.6 is 0 Å². The fourth-order valence-corrected chi connectivity index (χ4v) is 0.832. The van der Waals surface area contributed by atoms with Crippen molar-refractivity contribution in [1.82, 2.24) is 15.5 Å². The Morgan fingerprint density at radius 3 is 2.93 bits per heavy atom. The van der Waals surface area contributed by atoms with Gasteiger partial charge in [0.05, 0.1) is 7.11 Å². The van der Waals surface area contributed by atoms with Gasteiger partial charge in [-0.3, -0.25) is 14.7 Å². The molecule has 0 aliphatic carbocycles. The highest BCUT2D eigenvalue weighted by Gasteiger charge is 2.10. The van der Waals surface area contributed by atoms with Gasteiger partial charge in [-0.15, -0.1) is 0 Å². The number of nitrogens with two attached hydrogens (primary N) is 1. The number of methoxy groups -OCH3 is 1. The van der Waals surface area contributed by atoms with E-state index in [0.29, 0.717) is 5.82 Å². The third-order valence-corrected chi connectivity index (χ3v) is 1.59. The molecule has 8 heteroatoms. The fraction of sp³-hybridized carbons (Fsp3) is 0.286. The summed E-state index contributed by atoms with van der Waals surface area (Å²) in [5.74, 6) is 4.41. The zero-order valence-electron chi connectivity index (χ0n) is 8.03. The highest BCUT2D eigenvalue weighted by Crippen LogP contribution is 2.02. The first-order valence-electron chi connectivity index (χ1n) is 4.04. The molecule has 0 aromatic carbocycles. The third kappa shape index (κ3) is 2.95. The van der Waals surface area contributed by atoms with E-state index in [1.54, 1.807) is 0 Å². The predicted molar refractivity (Wildman–Crippen MR) is 50.7 cm³/mol. The summed E-state index contributed by atoms with van der Waals surface area (Å²) in [7, 11) is 1.24. The first-order chi connectivity index (χ1) is 7.17. The van der Waals surface area contributed by atoms with Crippen LogP contribution in [0.15, 0.2) is 6.07 Å². The van der Waals surface area contributed by atoms with Crippen LogP contribution in [0, 0.1) is 0 Å². The molecule has 1 rings (SSSR count). The molecule has 1 heterocycles. The van der Waals surface area contributed by atoms with Crippen molar-refractivity contribution in [3.63, 3.8) is 0 Å². The van der Waals surface area contributed by atoms with Crippen LogP contribution in [-0.4, -0.2) is 35.7 Å². The van der Waals surface area contributed by atoms with Crippen LogP contribution in [0.4, 0.5) is 5.82 Å². The Morgan fingerprint density at radius 1 is 1.67 bits per heavy atom. The van der Waals surface area contributed by atoms with Gasteiger partial charge in [-0.1, -0.05) is 0 Å². The van der Waals surface area contributed by atoms with Gasteiger partial charge in [0.15, 0.2) is 5.82 Å². The lowest BCUT2D eigenvalue weighted by molar-refractivity contribution is -0.139. The SMILES string of the molecule is COC(=O)CNC(=O)c1cc(NN)n[nH]1. The van der Waals surface area contributed by atoms with E-state index in [9.17, 15) is 9.59 Å². The number of nitrogens with one attached hydrogen (secondary N) is 3. The number of esters is 1. The van der Waals surface area contributed by atoms with E-state index >= 15 is 0 Å². The van der Waals surface area contributed by atoms with E-state index in [1.165, 1.54) is 13.2 Å². The van der Waals surface area contributed by atoms with E-state index in [0.717, 1.165) is 0 Å². The predicted octanol–water partition coefficient (Wildman–Crippen LogP) is -1.40. The molecule has 1 aromatic heterocycles. The molecule has 0 saturated heterocycles. The van der Waals surface area contributed by atoms with Gasteiger partial charge in [0.1, 0.15) is 12.2 Å². The average molecular weight is 213 g/mol. The summed E-state index contributed by atoms with van der Waals surface area (Å²) in [6.45, 7) is -0.195. The molecular formula is C7H11N5O3. The van der Waals surface area contributed by atoms with Crippen molar-refractivity contribution in [2.24, 2.45) is 5.84 Å². The number of nitrogens with zero attached hydrogens (tertiary/aromatic N) is 1. The molecule has 8 nitrogen and oxygen atoms in total. The van der Waals surface area contributed by atoms with Gasteiger partial charge in [-0.25, -0.2) is 5.84 Å². The van der Waals surface area contributed by atoms with Crippen LogP contribution < -0.4 is 16.6 Å². The number of ether oxygens (including phenoxy) is 1. The number of hydrogen-bond donors (Lipinski definition) is 4. The maximum absolute atomic E-state index is 11.3. The number of carbonyl (C=O) groups excluding carboxylic acids is 2. The van der Waals surface area contributed by atoms with E-state index < -0.39 is 11.9 Å². The largest absolute Gasteiger partial charge is 0.468 e. The number of rotatable bonds is 4. The first kappa shape index (κ1) is 11.0. The van der Waals surface area contributed by atoms with Crippen molar-refractivity contribution in [2.75, 3.05) is 19.1 Å². The molecular weight excluding hydrogens is 202 g/mol. The minimum atomic E-state index is -0.528. The van der Waals surface area contributed by atoms with Crippen molar-refractivity contribution < 1.29 is 14.3 Å². The molecule has 1 amide bonds. The minimum absolute atomic E-state index is 0.195. The van der Waals surface area contributed by atoms with Gasteiger partial charge in [0.25, 0.3) is 5.91 Å². The second-order valence-corrected chi connectivity index (χ2v) is 2.57. The summed E-state index contributed by atoms with van der Waals surface area (Å²) in [5.41, 5.74) is 2.47. The van der Waals surface area contributed by atoms with Crippen molar-refractivity contribution in [3.8, 4) is 0 Å². The van der Waals surface area contributed by atoms with Crippen LogP contribution in [0.5, 0.6) is 0 Å². The number of aromatic nitrogens is 2. The normalized spacial score (nSPS) is 9.47. The molecule has 5 N–H and O–H groups in total. The standard InChI is InChI=1S/C7H11N5O3/c1-15-6(13)3-9-7(14)4-2-5(10-8)12-11-4/h2H,3,8H2,1H3,(H,9,14)(H2,10,11,12). The Labute approximate surface area is 85.1 Å². The molecule has 1 aromatic rings. The molecule has 82 valence electrons. The van der Waals surface area contributed by atoms with E-state index in [-0.39, 0.29) is 12.2 Å². The lowest BCUT2D eigenvalue weighted by Crippen LogP contribution is -2.30. The van der Waals surface area contributed by atoms with Crippen LogP contribution in [0.3, 0.4) is 0 Å². The van der Waals surface area contributed by atoms with Gasteiger partial charge in [0, 0.05) is 6.07 Å². The van der Waals surface area contributed by atoms with E-state index in [1.807, 2.05) is 0 Å². The summed E-state index contributed by atoms with van der Waals surface area (Å²) >= 11 is 0. The molecule has 15 heavy (non-hydrogen) atoms. The highest BCUT2D eigenvalue weighted by atomic mass is 16.5.